The summed E-state index contributed by atoms with van der Waals surface area (Å²) < 4.78 is 0. The van der Waals surface area contributed by atoms with Crippen molar-refractivity contribution >= 4 is 5.78 Å². The molecule has 0 aromatic carbocycles. The first-order valence-corrected chi connectivity index (χ1v) is 12.8. The van der Waals surface area contributed by atoms with E-state index < -0.39 is 5.60 Å². The Kier molecular flexibility index (Phi) is 6.10. The number of carbonyl (C=O) groups is 1. The van der Waals surface area contributed by atoms with Crippen LogP contribution in [0.5, 0.6) is 0 Å². The Morgan fingerprint density at radius 2 is 1.87 bits per heavy atom. The largest absolute Gasteiger partial charge is 0.393 e. The van der Waals surface area contributed by atoms with Gasteiger partial charge in [-0.05, 0) is 104 Å². The molecule has 2 N–H and O–H groups in total. The van der Waals surface area contributed by atoms with Crippen molar-refractivity contribution in [2.45, 2.75) is 91.6 Å². The van der Waals surface area contributed by atoms with E-state index in [1.165, 1.54) is 37.7 Å². The molecule has 0 aromatic rings. The van der Waals surface area contributed by atoms with Gasteiger partial charge in [-0.1, -0.05) is 46.3 Å². The molecule has 0 aromatic heterocycles. The minimum Gasteiger partial charge on any atom is -0.393 e. The predicted molar refractivity (Wildman–Crippen MR) is 125 cm³/mol. The highest BCUT2D eigenvalue weighted by Gasteiger charge is 2.59. The molecule has 31 heavy (non-hydrogen) atoms. The van der Waals surface area contributed by atoms with Gasteiger partial charge in [-0.25, -0.2) is 0 Å². The van der Waals surface area contributed by atoms with Crippen LogP contribution in [-0.2, 0) is 4.79 Å². The number of fused-ring (bicyclic) bond motifs is 5. The third-order valence-electron chi connectivity index (χ3n) is 10.7. The van der Waals surface area contributed by atoms with Gasteiger partial charge < -0.3 is 10.2 Å². The van der Waals surface area contributed by atoms with Crippen LogP contribution in [0, 0.1) is 46.3 Å². The molecule has 3 heteroatoms. The van der Waals surface area contributed by atoms with E-state index in [2.05, 4.69) is 26.8 Å². The molecule has 3 nitrogen and oxygen atoms in total. The molecule has 3 saturated carbocycles. The van der Waals surface area contributed by atoms with Gasteiger partial charge >= 0.3 is 0 Å². The zero-order chi connectivity index (χ0) is 22.6. The summed E-state index contributed by atoms with van der Waals surface area (Å²) in [6.45, 7) is 11.2. The standard InChI is InChI=1S/C28H44O3/c1-18(2)28(31,17-29)15-10-19(3)23-8-9-24-22-7-6-20-16-21(30)11-13-26(20,4)25(22)12-14-27(23,24)5/h11,13,16,18-19,22-25,29,31H,6-10,12,14-15,17H2,1-5H3/t19-,22+,23-,24+,25+,26+,27-,28-/m1/s1. The highest BCUT2D eigenvalue weighted by atomic mass is 16.3. The van der Waals surface area contributed by atoms with Gasteiger partial charge in [0.15, 0.2) is 5.78 Å². The third-order valence-corrected chi connectivity index (χ3v) is 10.7. The summed E-state index contributed by atoms with van der Waals surface area (Å²) in [6, 6.07) is 0. The molecule has 174 valence electrons. The first kappa shape index (κ1) is 23.2. The number of allylic oxidation sites excluding steroid dienone is 4. The second-order valence-electron chi connectivity index (χ2n) is 12.3. The monoisotopic (exact) mass is 428 g/mol. The van der Waals surface area contributed by atoms with Crippen molar-refractivity contribution in [3.8, 4) is 0 Å². The Morgan fingerprint density at radius 3 is 2.55 bits per heavy atom. The normalized spacial score (nSPS) is 42.5. The summed E-state index contributed by atoms with van der Waals surface area (Å²) in [5.41, 5.74) is 0.902. The molecule has 0 radical (unpaired) electrons. The molecule has 3 fully saturated rings. The number of carbonyl (C=O) groups excluding carboxylic acids is 1. The van der Waals surface area contributed by atoms with E-state index in [1.54, 1.807) is 0 Å². The molecule has 4 aliphatic rings. The van der Waals surface area contributed by atoms with E-state index in [-0.39, 0.29) is 23.7 Å². The number of aliphatic hydroxyl groups is 2. The Labute approximate surface area is 189 Å². The van der Waals surface area contributed by atoms with Gasteiger partial charge in [-0.3, -0.25) is 4.79 Å². The molecule has 0 bridgehead atoms. The summed E-state index contributed by atoms with van der Waals surface area (Å²) in [6.07, 6.45) is 15.2. The van der Waals surface area contributed by atoms with Crippen molar-refractivity contribution < 1.29 is 15.0 Å². The molecule has 0 spiro atoms. The summed E-state index contributed by atoms with van der Waals surface area (Å²) in [7, 11) is 0. The first-order chi connectivity index (χ1) is 14.5. The minimum atomic E-state index is -0.948. The van der Waals surface area contributed by atoms with E-state index in [4.69, 9.17) is 0 Å². The minimum absolute atomic E-state index is 0.0766. The lowest BCUT2D eigenvalue weighted by Crippen LogP contribution is -2.50. The molecule has 0 saturated heterocycles. The van der Waals surface area contributed by atoms with E-state index in [0.29, 0.717) is 29.6 Å². The lowest BCUT2D eigenvalue weighted by Gasteiger charge is -2.57. The SMILES string of the molecule is CC(C)[C@](O)(CO)CC[C@@H](C)[C@H]1CC[C@H]2[C@@H]3CCC4=CC(=O)C=C[C@]4(C)[C@H]3CC[C@]12C. The Bertz CT molecular complexity index is 766. The molecule has 4 rings (SSSR count). The van der Waals surface area contributed by atoms with Crippen LogP contribution in [0.1, 0.15) is 86.0 Å². The van der Waals surface area contributed by atoms with Gasteiger partial charge in [0.1, 0.15) is 0 Å². The number of ketones is 1. The molecule has 4 aliphatic carbocycles. The highest BCUT2D eigenvalue weighted by Crippen LogP contribution is 2.67. The van der Waals surface area contributed by atoms with Gasteiger partial charge in [0.25, 0.3) is 0 Å². The molecule has 0 heterocycles. The van der Waals surface area contributed by atoms with E-state index in [1.807, 2.05) is 26.0 Å². The van der Waals surface area contributed by atoms with E-state index >= 15 is 0 Å². The van der Waals surface area contributed by atoms with Crippen LogP contribution in [0.3, 0.4) is 0 Å². The molecule has 0 amide bonds. The van der Waals surface area contributed by atoms with Gasteiger partial charge in [0.05, 0.1) is 12.2 Å². The molecule has 0 unspecified atom stereocenters. The molecule has 0 aliphatic heterocycles. The number of aliphatic hydroxyl groups excluding tert-OH is 1. The third kappa shape index (κ3) is 3.68. The maximum atomic E-state index is 12.0. The smallest absolute Gasteiger partial charge is 0.178 e. The predicted octanol–water partition coefficient (Wildman–Crippen LogP) is 5.71. The van der Waals surface area contributed by atoms with Crippen LogP contribution in [-0.4, -0.2) is 28.2 Å². The number of hydrogen-bond acceptors (Lipinski definition) is 3. The molecule has 8 atom stereocenters. The van der Waals surface area contributed by atoms with Gasteiger partial charge in [-0.15, -0.1) is 0 Å². The summed E-state index contributed by atoms with van der Waals surface area (Å²) in [5, 5.41) is 20.6. The van der Waals surface area contributed by atoms with E-state index in [9.17, 15) is 15.0 Å². The number of rotatable bonds is 6. The highest BCUT2D eigenvalue weighted by molar-refractivity contribution is 6.01. The Hall–Kier alpha value is -0.930. The van der Waals surface area contributed by atoms with Crippen molar-refractivity contribution in [1.29, 1.82) is 0 Å². The topological polar surface area (TPSA) is 57.5 Å². The second kappa shape index (κ2) is 8.13. The first-order valence-electron chi connectivity index (χ1n) is 12.8. The van der Waals surface area contributed by atoms with Crippen molar-refractivity contribution in [3.05, 3.63) is 23.8 Å². The zero-order valence-corrected chi connectivity index (χ0v) is 20.4. The average Bonchev–Trinajstić information content (AvgIpc) is 3.09. The summed E-state index contributed by atoms with van der Waals surface area (Å²) in [5.74, 6) is 3.75. The van der Waals surface area contributed by atoms with Crippen LogP contribution in [0.4, 0.5) is 0 Å². The summed E-state index contributed by atoms with van der Waals surface area (Å²) >= 11 is 0. The van der Waals surface area contributed by atoms with Crippen LogP contribution < -0.4 is 0 Å². The van der Waals surface area contributed by atoms with Gasteiger partial charge in [0, 0.05) is 5.41 Å². The maximum absolute atomic E-state index is 12.0. The summed E-state index contributed by atoms with van der Waals surface area (Å²) in [4.78, 5) is 12.0. The van der Waals surface area contributed by atoms with Crippen LogP contribution in [0.25, 0.3) is 0 Å². The molecular formula is C28H44O3. The second-order valence-corrected chi connectivity index (χ2v) is 12.3. The van der Waals surface area contributed by atoms with Crippen LogP contribution in [0.15, 0.2) is 23.8 Å². The van der Waals surface area contributed by atoms with Crippen molar-refractivity contribution in [2.75, 3.05) is 6.61 Å². The van der Waals surface area contributed by atoms with Crippen LogP contribution in [0.2, 0.25) is 0 Å². The lowest BCUT2D eigenvalue weighted by atomic mass is 9.47. The zero-order valence-electron chi connectivity index (χ0n) is 20.4. The van der Waals surface area contributed by atoms with Gasteiger partial charge in [0.2, 0.25) is 0 Å². The Balaban J connectivity index is 1.49. The molecular weight excluding hydrogens is 384 g/mol. The number of hydrogen-bond donors (Lipinski definition) is 2. The van der Waals surface area contributed by atoms with E-state index in [0.717, 1.165) is 24.7 Å². The van der Waals surface area contributed by atoms with Crippen molar-refractivity contribution in [2.24, 2.45) is 46.3 Å². The fourth-order valence-corrected chi connectivity index (χ4v) is 8.40. The lowest BCUT2D eigenvalue weighted by molar-refractivity contribution is -0.111. The van der Waals surface area contributed by atoms with Gasteiger partial charge in [-0.2, -0.15) is 0 Å². The Morgan fingerprint density at radius 1 is 1.13 bits per heavy atom. The maximum Gasteiger partial charge on any atom is 0.178 e. The fraction of sp³-hybridized carbons (Fsp3) is 0.821. The van der Waals surface area contributed by atoms with Crippen LogP contribution >= 0.6 is 0 Å². The average molecular weight is 429 g/mol. The quantitative estimate of drug-likeness (QED) is 0.570. The van der Waals surface area contributed by atoms with Crippen molar-refractivity contribution in [1.82, 2.24) is 0 Å². The van der Waals surface area contributed by atoms with Crippen molar-refractivity contribution in [3.63, 3.8) is 0 Å². The fourth-order valence-electron chi connectivity index (χ4n) is 8.40.